The average Bonchev–Trinajstić information content (AvgIpc) is 3.50. The Kier molecular flexibility index (Phi) is 8.50. The van der Waals surface area contributed by atoms with Gasteiger partial charge in [0.15, 0.2) is 5.60 Å². The molecule has 7 bridgehead atoms. The van der Waals surface area contributed by atoms with Crippen molar-refractivity contribution in [2.45, 2.75) is 79.2 Å². The number of fused-ring (bicyclic) bond motifs is 2. The highest BCUT2D eigenvalue weighted by Crippen LogP contribution is 2.81. The van der Waals surface area contributed by atoms with Crippen molar-refractivity contribution in [1.82, 2.24) is 4.90 Å². The molecule has 1 unspecified atom stereocenters. The molecule has 1 saturated heterocycles. The van der Waals surface area contributed by atoms with Crippen LogP contribution in [-0.2, 0) is 28.4 Å². The summed E-state index contributed by atoms with van der Waals surface area (Å²) in [5, 5.41) is 52.1. The van der Waals surface area contributed by atoms with Crippen molar-refractivity contribution < 1.29 is 58.4 Å². The number of methoxy groups -OCH3 is 4. The van der Waals surface area contributed by atoms with Crippen molar-refractivity contribution in [1.29, 1.82) is 0 Å². The third-order valence-electron chi connectivity index (χ3n) is 14.2. The van der Waals surface area contributed by atoms with Crippen LogP contribution < -0.4 is 0 Å². The number of hydrogen-bond acceptors (Lipinski definition) is 13. The summed E-state index contributed by atoms with van der Waals surface area (Å²) in [6, 6.07) is 15.9. The van der Waals surface area contributed by atoms with Crippen molar-refractivity contribution in [2.24, 2.45) is 28.6 Å². The molecule has 13 nitrogen and oxygen atoms in total. The summed E-state index contributed by atoms with van der Waals surface area (Å²) in [6.07, 6.45) is -7.68. The SMILES string of the molecule is CCN1C[C@]2(COC)C(O)C[C@H](OC)[C@@]34[C@@H]2[C@@H](OC)[C@@H]([C@@H]13)[C@]1(OC(=O)c2ccccc2)[C@H]2[C@@H](OC(=O)c3ccccc3)[C@@](O)(C[C@]24O)[C@@H](OC)[C@@H]1O. The number of carbonyl (C=O) groups excluding carboxylic acids is 2. The maximum absolute atomic E-state index is 14.5. The van der Waals surface area contributed by atoms with Crippen LogP contribution in [0.5, 0.6) is 0 Å². The van der Waals surface area contributed by atoms with Gasteiger partial charge in [0.25, 0.3) is 0 Å². The number of aliphatic hydroxyl groups excluding tert-OH is 2. The molecule has 13 heteroatoms. The Morgan fingerprint density at radius 3 is 2.04 bits per heavy atom. The van der Waals surface area contributed by atoms with Crippen molar-refractivity contribution in [3.8, 4) is 0 Å². The number of nitrogens with zero attached hydrogens (tertiary/aromatic N) is 1. The summed E-state index contributed by atoms with van der Waals surface area (Å²) in [4.78, 5) is 30.6. The zero-order chi connectivity index (χ0) is 37.0. The minimum atomic E-state index is -2.16. The topological polar surface area (TPSA) is 174 Å². The zero-order valence-electron chi connectivity index (χ0n) is 30.1. The molecule has 15 atom stereocenters. The minimum Gasteiger partial charge on any atom is -0.455 e. The molecule has 5 saturated carbocycles. The minimum absolute atomic E-state index is 0.101. The molecule has 282 valence electrons. The molecule has 0 amide bonds. The Labute approximate surface area is 302 Å². The molecule has 2 aromatic carbocycles. The Balaban J connectivity index is 1.45. The van der Waals surface area contributed by atoms with Crippen LogP contribution in [0.25, 0.3) is 0 Å². The van der Waals surface area contributed by atoms with Crippen LogP contribution in [0.3, 0.4) is 0 Å². The molecule has 0 radical (unpaired) electrons. The molecule has 1 heterocycles. The second kappa shape index (κ2) is 12.3. The van der Waals surface area contributed by atoms with Gasteiger partial charge in [0.1, 0.15) is 23.9 Å². The van der Waals surface area contributed by atoms with Crippen molar-refractivity contribution in [2.75, 3.05) is 48.1 Å². The Hall–Kier alpha value is -2.98. The Morgan fingerprint density at radius 2 is 1.48 bits per heavy atom. The summed E-state index contributed by atoms with van der Waals surface area (Å²) in [5.74, 6) is -4.56. The van der Waals surface area contributed by atoms with E-state index in [0.29, 0.717) is 13.1 Å². The number of piperidine rings is 1. The van der Waals surface area contributed by atoms with Crippen LogP contribution in [0, 0.1) is 28.6 Å². The van der Waals surface area contributed by atoms with E-state index < -0.39 is 106 Å². The first-order valence-corrected chi connectivity index (χ1v) is 18.1. The number of benzene rings is 2. The van der Waals surface area contributed by atoms with E-state index in [4.69, 9.17) is 28.4 Å². The number of rotatable bonds is 10. The van der Waals surface area contributed by atoms with Crippen LogP contribution in [0.15, 0.2) is 60.7 Å². The van der Waals surface area contributed by atoms with Gasteiger partial charge >= 0.3 is 11.9 Å². The fourth-order valence-electron chi connectivity index (χ4n) is 12.9. The van der Waals surface area contributed by atoms with Crippen molar-refractivity contribution in [3.05, 3.63) is 71.8 Å². The molecular formula is C39H49NO12. The van der Waals surface area contributed by atoms with Gasteiger partial charge in [-0.3, -0.25) is 4.90 Å². The lowest BCUT2D eigenvalue weighted by Crippen LogP contribution is -2.85. The van der Waals surface area contributed by atoms with Gasteiger partial charge in [0.05, 0.1) is 47.6 Å². The summed E-state index contributed by atoms with van der Waals surface area (Å²) < 4.78 is 37.8. The van der Waals surface area contributed by atoms with Gasteiger partial charge in [-0.05, 0) is 30.8 Å². The standard InChI is InChI=1S/C39H49NO12/c1-6-40-19-35(20-47-2)23(41)17-24(48-3)38-27(35)26(49-4)25(29(38)40)39(52-34(44)22-15-11-8-12-16-22)28-31(51-33(43)21-13-9-7-10-14-21)36(45,18-37(28,38)46)32(50-5)30(39)42/h7-16,23-32,41-42,45-46H,6,17-20H2,1-5H3/t23?,24-,25-,26-,27+,28-,29+,30-,31+,32-,35-,36-,37-,38+,39-/m0/s1. The van der Waals surface area contributed by atoms with E-state index in [9.17, 15) is 30.0 Å². The number of aliphatic hydroxyl groups is 4. The van der Waals surface area contributed by atoms with Gasteiger partial charge in [-0.25, -0.2) is 9.59 Å². The number of carbonyl (C=O) groups is 2. The lowest BCUT2D eigenvalue weighted by Gasteiger charge is -2.72. The highest BCUT2D eigenvalue weighted by atomic mass is 16.6. The van der Waals surface area contributed by atoms with E-state index in [1.807, 2.05) is 6.92 Å². The Morgan fingerprint density at radius 1 is 0.846 bits per heavy atom. The molecule has 0 aromatic heterocycles. The maximum atomic E-state index is 14.5. The van der Waals surface area contributed by atoms with E-state index in [1.54, 1.807) is 67.8 Å². The number of ether oxygens (including phenoxy) is 6. The quantitative estimate of drug-likeness (QED) is 0.257. The van der Waals surface area contributed by atoms with Gasteiger partial charge in [-0.1, -0.05) is 43.3 Å². The highest BCUT2D eigenvalue weighted by Gasteiger charge is 2.96. The van der Waals surface area contributed by atoms with Crippen molar-refractivity contribution >= 4 is 11.9 Å². The maximum Gasteiger partial charge on any atom is 0.338 e. The van der Waals surface area contributed by atoms with Crippen LogP contribution in [0.1, 0.15) is 40.5 Å². The summed E-state index contributed by atoms with van der Waals surface area (Å²) in [7, 11) is 5.96. The average molecular weight is 724 g/mol. The monoisotopic (exact) mass is 723 g/mol. The first kappa shape index (κ1) is 36.0. The van der Waals surface area contributed by atoms with Gasteiger partial charge in [0, 0.05) is 76.5 Å². The largest absolute Gasteiger partial charge is 0.455 e. The zero-order valence-corrected chi connectivity index (χ0v) is 30.1. The molecule has 6 fully saturated rings. The van der Waals surface area contributed by atoms with Gasteiger partial charge in [-0.15, -0.1) is 0 Å². The smallest absolute Gasteiger partial charge is 0.338 e. The third kappa shape index (κ3) is 4.09. The van der Waals surface area contributed by atoms with Crippen LogP contribution in [0.2, 0.25) is 0 Å². The molecular weight excluding hydrogens is 674 g/mol. The second-order valence-electron chi connectivity index (χ2n) is 15.8. The third-order valence-corrected chi connectivity index (χ3v) is 14.2. The van der Waals surface area contributed by atoms with Crippen molar-refractivity contribution in [3.63, 3.8) is 0 Å². The van der Waals surface area contributed by atoms with E-state index in [-0.39, 0.29) is 24.2 Å². The first-order chi connectivity index (χ1) is 24.9. The van der Waals surface area contributed by atoms with E-state index >= 15 is 0 Å². The Bertz CT molecular complexity index is 1700. The summed E-state index contributed by atoms with van der Waals surface area (Å²) >= 11 is 0. The van der Waals surface area contributed by atoms with E-state index in [2.05, 4.69) is 4.90 Å². The predicted octanol–water partition coefficient (Wildman–Crippen LogP) is 1.06. The van der Waals surface area contributed by atoms with E-state index in [1.165, 1.54) is 21.3 Å². The molecule has 8 rings (SSSR count). The molecule has 4 N–H and O–H groups in total. The van der Waals surface area contributed by atoms with Crippen LogP contribution >= 0.6 is 0 Å². The fraction of sp³-hybridized carbons (Fsp3) is 0.641. The molecule has 1 aliphatic heterocycles. The number of esters is 2. The highest BCUT2D eigenvalue weighted by molar-refractivity contribution is 5.90. The molecule has 1 spiro atoms. The molecule has 52 heavy (non-hydrogen) atoms. The predicted molar refractivity (Wildman–Crippen MR) is 182 cm³/mol. The molecule has 5 aliphatic carbocycles. The van der Waals surface area contributed by atoms with Gasteiger partial charge in [-0.2, -0.15) is 0 Å². The lowest BCUT2D eigenvalue weighted by molar-refractivity contribution is -0.352. The van der Waals surface area contributed by atoms with Gasteiger partial charge in [0.2, 0.25) is 0 Å². The van der Waals surface area contributed by atoms with Crippen LogP contribution in [-0.4, -0.2) is 145 Å². The summed E-state index contributed by atoms with van der Waals surface area (Å²) in [6.45, 7) is 2.88. The molecule has 6 aliphatic rings. The normalized spacial score (nSPS) is 46.9. The van der Waals surface area contributed by atoms with Gasteiger partial charge < -0.3 is 48.8 Å². The summed E-state index contributed by atoms with van der Waals surface area (Å²) in [5.41, 5.74) is -8.24. The molecule has 2 aromatic rings. The lowest BCUT2D eigenvalue weighted by atomic mass is 9.40. The first-order valence-electron chi connectivity index (χ1n) is 18.1. The fourth-order valence-corrected chi connectivity index (χ4v) is 12.9. The number of likely N-dealkylation sites (tertiary alicyclic amines) is 1. The van der Waals surface area contributed by atoms with Crippen LogP contribution in [0.4, 0.5) is 0 Å². The second-order valence-corrected chi connectivity index (χ2v) is 15.8. The van der Waals surface area contributed by atoms with E-state index in [0.717, 1.165) is 0 Å². The number of hydrogen-bond donors (Lipinski definition) is 4.